The quantitative estimate of drug-likeness (QED) is 0.291. The number of aryl methyl sites for hydroxylation is 1. The lowest BCUT2D eigenvalue weighted by Gasteiger charge is -2.14. The van der Waals surface area contributed by atoms with Crippen molar-refractivity contribution in [1.82, 2.24) is 14.3 Å². The molecule has 1 aromatic carbocycles. The van der Waals surface area contributed by atoms with Crippen molar-refractivity contribution in [2.45, 2.75) is 19.9 Å². The van der Waals surface area contributed by atoms with Crippen molar-refractivity contribution in [2.75, 3.05) is 11.9 Å². The lowest BCUT2D eigenvalue weighted by Crippen LogP contribution is -2.30. The highest BCUT2D eigenvalue weighted by atomic mass is 32.2. The van der Waals surface area contributed by atoms with Crippen molar-refractivity contribution in [2.24, 2.45) is 0 Å². The second-order valence-electron chi connectivity index (χ2n) is 8.12. The van der Waals surface area contributed by atoms with E-state index in [0.29, 0.717) is 51.5 Å². The van der Waals surface area contributed by atoms with E-state index in [-0.39, 0.29) is 11.5 Å². The molecule has 1 aliphatic heterocycles. The smallest absolute Gasteiger partial charge is 0.267 e. The Morgan fingerprint density at radius 3 is 2.71 bits per heavy atom. The number of pyridine rings is 1. The molecule has 1 fully saturated rings. The number of thioether (sulfide) groups is 1. The van der Waals surface area contributed by atoms with Crippen LogP contribution in [-0.4, -0.2) is 31.1 Å². The van der Waals surface area contributed by atoms with Gasteiger partial charge in [-0.3, -0.25) is 18.9 Å². The summed E-state index contributed by atoms with van der Waals surface area (Å²) in [6, 6.07) is 17.3. The molecule has 3 aromatic heterocycles. The van der Waals surface area contributed by atoms with E-state index in [0.717, 1.165) is 11.1 Å². The van der Waals surface area contributed by atoms with Crippen LogP contribution in [0.3, 0.4) is 0 Å². The maximum Gasteiger partial charge on any atom is 0.267 e. The van der Waals surface area contributed by atoms with Gasteiger partial charge >= 0.3 is 0 Å². The third kappa shape index (κ3) is 4.91. The number of nitrogens with zero attached hydrogens (tertiary/aromatic N) is 3. The molecule has 1 aliphatic rings. The van der Waals surface area contributed by atoms with Gasteiger partial charge in [0.1, 0.15) is 21.5 Å². The number of hydrogen-bond donors (Lipinski definition) is 1. The first kappa shape index (κ1) is 23.1. The van der Waals surface area contributed by atoms with Gasteiger partial charge in [0.15, 0.2) is 0 Å². The number of rotatable bonds is 7. The topological polar surface area (TPSA) is 79.8 Å². The number of anilines is 1. The van der Waals surface area contributed by atoms with Gasteiger partial charge in [-0.2, -0.15) is 0 Å². The zero-order valence-electron chi connectivity index (χ0n) is 18.9. The fourth-order valence-electron chi connectivity index (χ4n) is 3.82. The fourth-order valence-corrected chi connectivity index (χ4v) is 5.11. The maximum atomic E-state index is 13.5. The highest BCUT2D eigenvalue weighted by Gasteiger charge is 2.32. The molecule has 0 atom stereocenters. The number of hydrogen-bond acceptors (Lipinski definition) is 7. The largest absolute Gasteiger partial charge is 0.467 e. The minimum atomic E-state index is -0.268. The van der Waals surface area contributed by atoms with Crippen LogP contribution < -0.4 is 10.9 Å². The van der Waals surface area contributed by atoms with E-state index in [9.17, 15) is 9.59 Å². The fraction of sp³-hybridized carbons (Fsp3) is 0.154. The van der Waals surface area contributed by atoms with E-state index in [1.165, 1.54) is 16.2 Å². The van der Waals surface area contributed by atoms with Gasteiger partial charge in [0.2, 0.25) is 0 Å². The summed E-state index contributed by atoms with van der Waals surface area (Å²) < 4.78 is 7.37. The summed E-state index contributed by atoms with van der Waals surface area (Å²) in [6.07, 6.45) is 5.61. The SMILES string of the molecule is Cc1ccc2nc(NCc3ccco3)c(/C=C3\SC(=S)N(CCc4ccccc4)C3=O)c(=O)n2c1. The third-order valence-electron chi connectivity index (χ3n) is 5.63. The van der Waals surface area contributed by atoms with Gasteiger partial charge in [0.25, 0.3) is 11.5 Å². The van der Waals surface area contributed by atoms with Gasteiger partial charge in [-0.15, -0.1) is 0 Å². The van der Waals surface area contributed by atoms with E-state index in [4.69, 9.17) is 16.6 Å². The second kappa shape index (κ2) is 9.89. The molecule has 0 bridgehead atoms. The van der Waals surface area contributed by atoms with Gasteiger partial charge in [-0.05, 0) is 48.7 Å². The van der Waals surface area contributed by atoms with E-state index in [1.807, 2.05) is 49.4 Å². The van der Waals surface area contributed by atoms with Gasteiger partial charge < -0.3 is 9.73 Å². The zero-order valence-corrected chi connectivity index (χ0v) is 20.6. The Morgan fingerprint density at radius 2 is 1.94 bits per heavy atom. The predicted molar refractivity (Wildman–Crippen MR) is 142 cm³/mol. The number of carbonyl (C=O) groups is 1. The van der Waals surface area contributed by atoms with Crippen molar-refractivity contribution in [1.29, 1.82) is 0 Å². The lowest BCUT2D eigenvalue weighted by molar-refractivity contribution is -0.122. The first-order valence-electron chi connectivity index (χ1n) is 11.1. The van der Waals surface area contributed by atoms with Crippen LogP contribution in [0.25, 0.3) is 11.7 Å². The lowest BCUT2D eigenvalue weighted by atomic mass is 10.1. The number of amides is 1. The number of carbonyl (C=O) groups excluding carboxylic acids is 1. The molecule has 35 heavy (non-hydrogen) atoms. The number of aromatic nitrogens is 2. The highest BCUT2D eigenvalue weighted by molar-refractivity contribution is 8.26. The van der Waals surface area contributed by atoms with Crippen molar-refractivity contribution >= 4 is 51.7 Å². The Labute approximate surface area is 211 Å². The Hall–Kier alpha value is -3.69. The average Bonchev–Trinajstić information content (AvgIpc) is 3.47. The molecule has 0 unspecified atom stereocenters. The van der Waals surface area contributed by atoms with E-state index >= 15 is 0 Å². The summed E-state index contributed by atoms with van der Waals surface area (Å²) in [5, 5.41) is 3.19. The van der Waals surface area contributed by atoms with E-state index in [2.05, 4.69) is 10.3 Å². The minimum Gasteiger partial charge on any atom is -0.467 e. The molecule has 0 saturated carbocycles. The predicted octanol–water partition coefficient (Wildman–Crippen LogP) is 4.65. The Kier molecular flexibility index (Phi) is 6.52. The van der Waals surface area contributed by atoms with Crippen LogP contribution >= 0.6 is 24.0 Å². The molecule has 9 heteroatoms. The Bertz CT molecular complexity index is 1490. The van der Waals surface area contributed by atoms with Gasteiger partial charge in [0.05, 0.1) is 23.3 Å². The van der Waals surface area contributed by atoms with E-state index < -0.39 is 0 Å². The summed E-state index contributed by atoms with van der Waals surface area (Å²) in [7, 11) is 0. The third-order valence-corrected chi connectivity index (χ3v) is 7.01. The van der Waals surface area contributed by atoms with Gasteiger partial charge in [-0.1, -0.05) is 60.4 Å². The van der Waals surface area contributed by atoms with Crippen LogP contribution in [0, 0.1) is 6.92 Å². The molecular formula is C26H22N4O3S2. The molecule has 7 nitrogen and oxygen atoms in total. The molecule has 0 spiro atoms. The zero-order chi connectivity index (χ0) is 24.4. The number of furan rings is 1. The van der Waals surface area contributed by atoms with Gasteiger partial charge in [0, 0.05) is 12.7 Å². The van der Waals surface area contributed by atoms with Crippen molar-refractivity contribution in [3.05, 3.63) is 105 Å². The van der Waals surface area contributed by atoms with Crippen molar-refractivity contribution in [3.63, 3.8) is 0 Å². The molecule has 4 aromatic rings. The Morgan fingerprint density at radius 1 is 1.11 bits per heavy atom. The molecule has 176 valence electrons. The maximum absolute atomic E-state index is 13.5. The van der Waals surface area contributed by atoms with Crippen LogP contribution in [0.1, 0.15) is 22.5 Å². The van der Waals surface area contributed by atoms with Crippen molar-refractivity contribution < 1.29 is 9.21 Å². The van der Waals surface area contributed by atoms with Crippen LogP contribution in [-0.2, 0) is 17.8 Å². The Balaban J connectivity index is 1.48. The first-order valence-corrected chi connectivity index (χ1v) is 12.3. The molecule has 1 amide bonds. The first-order chi connectivity index (χ1) is 17.0. The van der Waals surface area contributed by atoms with E-state index in [1.54, 1.807) is 35.6 Å². The second-order valence-corrected chi connectivity index (χ2v) is 9.79. The van der Waals surface area contributed by atoms with Crippen LogP contribution in [0.4, 0.5) is 5.82 Å². The summed E-state index contributed by atoms with van der Waals surface area (Å²) in [5.41, 5.74) is 2.59. The van der Waals surface area contributed by atoms with Crippen LogP contribution in [0.5, 0.6) is 0 Å². The summed E-state index contributed by atoms with van der Waals surface area (Å²) in [6.45, 7) is 2.73. The number of benzene rings is 1. The monoisotopic (exact) mass is 502 g/mol. The normalized spacial score (nSPS) is 14.9. The summed E-state index contributed by atoms with van der Waals surface area (Å²) >= 11 is 6.69. The summed E-state index contributed by atoms with van der Waals surface area (Å²) in [5.74, 6) is 0.876. The number of fused-ring (bicyclic) bond motifs is 1. The standard InChI is InChI=1S/C26H22N4O3S2/c1-17-9-10-22-28-23(27-15-19-8-5-13-33-19)20(24(31)30(22)16-17)14-21-25(32)29(26(34)35-21)12-11-18-6-3-2-4-7-18/h2-10,13-14,16,27H,11-12,15H2,1H3/b21-14-. The summed E-state index contributed by atoms with van der Waals surface area (Å²) in [4.78, 5) is 33.3. The van der Waals surface area contributed by atoms with Crippen molar-refractivity contribution in [3.8, 4) is 0 Å². The molecule has 5 rings (SSSR count). The molecule has 0 radical (unpaired) electrons. The molecule has 1 saturated heterocycles. The van der Waals surface area contributed by atoms with Crippen LogP contribution in [0.2, 0.25) is 0 Å². The average molecular weight is 503 g/mol. The number of nitrogens with one attached hydrogen (secondary N) is 1. The molecule has 4 heterocycles. The molecule has 1 N–H and O–H groups in total. The van der Waals surface area contributed by atoms with Crippen LogP contribution in [0.15, 0.2) is 81.2 Å². The number of thiocarbonyl (C=S) groups is 1. The molecular weight excluding hydrogens is 480 g/mol. The van der Waals surface area contributed by atoms with Gasteiger partial charge in [-0.25, -0.2) is 4.98 Å². The molecule has 0 aliphatic carbocycles. The minimum absolute atomic E-state index is 0.207. The highest BCUT2D eigenvalue weighted by Crippen LogP contribution is 2.33.